The number of aliphatic hydroxyl groups is 1. The highest BCUT2D eigenvalue weighted by Crippen LogP contribution is 2.24. The molecule has 1 aromatic carbocycles. The van der Waals surface area contributed by atoms with Crippen LogP contribution >= 0.6 is 0 Å². The van der Waals surface area contributed by atoms with E-state index in [2.05, 4.69) is 39.9 Å². The van der Waals surface area contributed by atoms with Crippen LogP contribution in [0.2, 0.25) is 0 Å². The molecule has 1 fully saturated rings. The number of rotatable bonds is 4. The fourth-order valence-electron chi connectivity index (χ4n) is 3.12. The number of hydrogen-bond acceptors (Lipinski definition) is 5. The van der Waals surface area contributed by atoms with Crippen LogP contribution in [0.25, 0.3) is 0 Å². The second kappa shape index (κ2) is 7.43. The highest BCUT2D eigenvalue weighted by molar-refractivity contribution is 5.46. The van der Waals surface area contributed by atoms with E-state index in [1.54, 1.807) is 12.3 Å². The zero-order valence-electron chi connectivity index (χ0n) is 13.9. The first-order valence-electron chi connectivity index (χ1n) is 8.26. The van der Waals surface area contributed by atoms with E-state index in [-0.39, 0.29) is 6.61 Å². The molecular formula is C19H22N4O. The van der Waals surface area contributed by atoms with Gasteiger partial charge in [-0.3, -0.25) is 4.90 Å². The number of hydrogen-bond donors (Lipinski definition) is 1. The molecule has 1 N–H and O–H groups in total. The maximum absolute atomic E-state index is 9.15. The third-order valence-electron chi connectivity index (χ3n) is 4.73. The lowest BCUT2D eigenvalue weighted by Crippen LogP contribution is -2.47. The molecule has 1 aliphatic rings. The summed E-state index contributed by atoms with van der Waals surface area (Å²) in [7, 11) is 0. The van der Waals surface area contributed by atoms with Gasteiger partial charge in [-0.05, 0) is 30.2 Å². The van der Waals surface area contributed by atoms with Gasteiger partial charge in [-0.2, -0.15) is 5.26 Å². The number of pyridine rings is 1. The summed E-state index contributed by atoms with van der Waals surface area (Å²) < 4.78 is 0. The molecule has 1 atom stereocenters. The fraction of sp³-hybridized carbons (Fsp3) is 0.368. The molecule has 2 heterocycles. The third kappa shape index (κ3) is 3.56. The number of piperazine rings is 1. The lowest BCUT2D eigenvalue weighted by atomic mass is 10.0. The van der Waals surface area contributed by atoms with E-state index in [1.807, 2.05) is 18.2 Å². The van der Waals surface area contributed by atoms with Crippen LogP contribution in [0.15, 0.2) is 42.6 Å². The van der Waals surface area contributed by atoms with E-state index >= 15 is 0 Å². The standard InChI is InChI=1S/C19H22N4O/c1-15(17-4-2-16(14-24)3-5-17)22-8-10-23(11-9-22)19-7-6-18(12-20)21-13-19/h2-7,13,15,24H,8-11,14H2,1H3/t15-/m1/s1. The molecule has 124 valence electrons. The first-order valence-corrected chi connectivity index (χ1v) is 8.26. The molecule has 0 amide bonds. The second-order valence-corrected chi connectivity index (χ2v) is 6.11. The molecule has 0 aliphatic carbocycles. The minimum absolute atomic E-state index is 0.0892. The molecule has 2 aromatic rings. The Morgan fingerprint density at radius 3 is 2.38 bits per heavy atom. The molecule has 3 rings (SSSR count). The van der Waals surface area contributed by atoms with Crippen molar-refractivity contribution in [2.75, 3.05) is 31.1 Å². The third-order valence-corrected chi connectivity index (χ3v) is 4.73. The van der Waals surface area contributed by atoms with Crippen molar-refractivity contribution in [3.8, 4) is 6.07 Å². The Hall–Kier alpha value is -2.42. The van der Waals surface area contributed by atoms with Crippen molar-refractivity contribution >= 4 is 5.69 Å². The van der Waals surface area contributed by atoms with Gasteiger partial charge in [0.1, 0.15) is 11.8 Å². The lowest BCUT2D eigenvalue weighted by molar-refractivity contribution is 0.198. The SMILES string of the molecule is C[C@H](c1ccc(CO)cc1)N1CCN(c2ccc(C#N)nc2)CC1. The molecule has 5 heteroatoms. The van der Waals surface area contributed by atoms with Crippen molar-refractivity contribution < 1.29 is 5.11 Å². The van der Waals surface area contributed by atoms with Crippen molar-refractivity contribution in [1.82, 2.24) is 9.88 Å². The van der Waals surface area contributed by atoms with Crippen LogP contribution in [0, 0.1) is 11.3 Å². The Kier molecular flexibility index (Phi) is 5.09. The minimum Gasteiger partial charge on any atom is -0.392 e. The summed E-state index contributed by atoms with van der Waals surface area (Å²) in [6.45, 7) is 6.20. The number of anilines is 1. The summed E-state index contributed by atoms with van der Waals surface area (Å²) in [6.07, 6.45) is 1.78. The Labute approximate surface area is 142 Å². The molecule has 1 aromatic heterocycles. The summed E-state index contributed by atoms with van der Waals surface area (Å²) in [5, 5.41) is 18.0. The molecule has 0 radical (unpaired) electrons. The van der Waals surface area contributed by atoms with E-state index in [0.717, 1.165) is 37.4 Å². The van der Waals surface area contributed by atoms with Crippen molar-refractivity contribution in [3.05, 3.63) is 59.4 Å². The first-order chi connectivity index (χ1) is 11.7. The van der Waals surface area contributed by atoms with E-state index in [1.165, 1.54) is 5.56 Å². The maximum Gasteiger partial charge on any atom is 0.140 e. The quantitative estimate of drug-likeness (QED) is 0.936. The van der Waals surface area contributed by atoms with Crippen LogP contribution in [0.3, 0.4) is 0 Å². The highest BCUT2D eigenvalue weighted by atomic mass is 16.3. The summed E-state index contributed by atoms with van der Waals surface area (Å²) in [5.74, 6) is 0. The average Bonchev–Trinajstić information content (AvgIpc) is 2.68. The number of nitriles is 1. The van der Waals surface area contributed by atoms with Crippen LogP contribution in [-0.4, -0.2) is 41.2 Å². The van der Waals surface area contributed by atoms with E-state index < -0.39 is 0 Å². The van der Waals surface area contributed by atoms with Gasteiger partial charge in [0.2, 0.25) is 0 Å². The molecular weight excluding hydrogens is 300 g/mol. The van der Waals surface area contributed by atoms with Crippen molar-refractivity contribution in [2.24, 2.45) is 0 Å². The summed E-state index contributed by atoms with van der Waals surface area (Å²) in [6, 6.07) is 14.3. The monoisotopic (exact) mass is 322 g/mol. The summed E-state index contributed by atoms with van der Waals surface area (Å²) >= 11 is 0. The topological polar surface area (TPSA) is 63.4 Å². The van der Waals surface area contributed by atoms with Crippen molar-refractivity contribution in [1.29, 1.82) is 5.26 Å². The molecule has 0 bridgehead atoms. The highest BCUT2D eigenvalue weighted by Gasteiger charge is 2.22. The second-order valence-electron chi connectivity index (χ2n) is 6.11. The predicted octanol–water partition coefficient (Wildman–Crippen LogP) is 2.33. The van der Waals surface area contributed by atoms with Gasteiger partial charge in [-0.15, -0.1) is 0 Å². The number of aliphatic hydroxyl groups excluding tert-OH is 1. The Bertz CT molecular complexity index is 698. The molecule has 5 nitrogen and oxygen atoms in total. The van der Waals surface area contributed by atoms with Crippen LogP contribution in [-0.2, 0) is 6.61 Å². The van der Waals surface area contributed by atoms with Crippen LogP contribution in [0.5, 0.6) is 0 Å². The first kappa shape index (κ1) is 16.4. The van der Waals surface area contributed by atoms with Gasteiger partial charge in [-0.1, -0.05) is 24.3 Å². The predicted molar refractivity (Wildman–Crippen MR) is 93.5 cm³/mol. The number of benzene rings is 1. The van der Waals surface area contributed by atoms with Gasteiger partial charge in [0.25, 0.3) is 0 Å². The normalized spacial score (nSPS) is 16.6. The van der Waals surface area contributed by atoms with E-state index in [4.69, 9.17) is 10.4 Å². The maximum atomic E-state index is 9.15. The van der Waals surface area contributed by atoms with Gasteiger partial charge in [0.05, 0.1) is 18.5 Å². The van der Waals surface area contributed by atoms with Gasteiger partial charge in [0.15, 0.2) is 0 Å². The molecule has 0 unspecified atom stereocenters. The van der Waals surface area contributed by atoms with Gasteiger partial charge in [-0.25, -0.2) is 4.98 Å². The smallest absolute Gasteiger partial charge is 0.140 e. The molecule has 0 saturated carbocycles. The summed E-state index contributed by atoms with van der Waals surface area (Å²) in [4.78, 5) is 8.94. The summed E-state index contributed by atoms with van der Waals surface area (Å²) in [5.41, 5.74) is 3.76. The molecule has 1 aliphatic heterocycles. The van der Waals surface area contributed by atoms with Crippen molar-refractivity contribution in [3.63, 3.8) is 0 Å². The average molecular weight is 322 g/mol. The zero-order valence-corrected chi connectivity index (χ0v) is 13.9. The number of aromatic nitrogens is 1. The fourth-order valence-corrected chi connectivity index (χ4v) is 3.12. The molecule has 1 saturated heterocycles. The van der Waals surface area contributed by atoms with E-state index in [9.17, 15) is 0 Å². The Morgan fingerprint density at radius 2 is 1.83 bits per heavy atom. The lowest BCUT2D eigenvalue weighted by Gasteiger charge is -2.39. The number of nitrogens with zero attached hydrogens (tertiary/aromatic N) is 4. The van der Waals surface area contributed by atoms with E-state index in [0.29, 0.717) is 11.7 Å². The van der Waals surface area contributed by atoms with Gasteiger partial charge < -0.3 is 10.0 Å². The van der Waals surface area contributed by atoms with Crippen LogP contribution in [0.4, 0.5) is 5.69 Å². The zero-order chi connectivity index (χ0) is 16.9. The Morgan fingerprint density at radius 1 is 1.12 bits per heavy atom. The molecule has 24 heavy (non-hydrogen) atoms. The largest absolute Gasteiger partial charge is 0.392 e. The van der Waals surface area contributed by atoms with Crippen LogP contribution in [0.1, 0.15) is 29.8 Å². The van der Waals surface area contributed by atoms with Gasteiger partial charge >= 0.3 is 0 Å². The van der Waals surface area contributed by atoms with Crippen molar-refractivity contribution in [2.45, 2.75) is 19.6 Å². The Balaban J connectivity index is 1.60. The van der Waals surface area contributed by atoms with Crippen LogP contribution < -0.4 is 4.90 Å². The molecule has 0 spiro atoms. The minimum atomic E-state index is 0.0892. The van der Waals surface area contributed by atoms with Gasteiger partial charge in [0, 0.05) is 32.2 Å².